The van der Waals surface area contributed by atoms with Crippen LogP contribution in [0.25, 0.3) is 0 Å². The van der Waals surface area contributed by atoms with Gasteiger partial charge in [-0.1, -0.05) is 0 Å². The van der Waals surface area contributed by atoms with Gasteiger partial charge < -0.3 is 29.6 Å². The van der Waals surface area contributed by atoms with E-state index in [9.17, 15) is 19.2 Å². The van der Waals surface area contributed by atoms with Gasteiger partial charge in [-0.25, -0.2) is 19.2 Å². The third-order valence-corrected chi connectivity index (χ3v) is 8.73. The van der Waals surface area contributed by atoms with Gasteiger partial charge in [0.2, 0.25) is 16.6 Å². The van der Waals surface area contributed by atoms with Gasteiger partial charge in [-0.2, -0.15) is 0 Å². The van der Waals surface area contributed by atoms with Crippen LogP contribution in [0.5, 0.6) is 0 Å². The summed E-state index contributed by atoms with van der Waals surface area (Å²) in [5, 5.41) is 7.96. The number of halogens is 1. The molecule has 0 fully saturated rings. The van der Waals surface area contributed by atoms with Crippen molar-refractivity contribution in [3.05, 3.63) is 24.3 Å². The largest absolute Gasteiger partial charge is 1.00 e. The molecule has 0 aliphatic rings. The standard InChI is InChI=1S/C9H16O5Si.C5H6O4.C4H11ClOSi.Na.H/c1-12-8(10)5-6-9(11)14-7-15(3,4)13-2;1-9-5(8)3-2-4(6)7;1-6-7(2,3)4-5;;/h5-6H,7H2,1-4H3;2-3H,1H3,(H,6,7);4H2,1-3H3;;/q;;;+1;-1/b6-5+;3-2+;;;. The molecule has 0 saturated heterocycles. The molecule has 0 aromatic carbocycles. The number of ether oxygens (including phenoxy) is 3. The van der Waals surface area contributed by atoms with Gasteiger partial charge in [0.1, 0.15) is 6.23 Å². The summed E-state index contributed by atoms with van der Waals surface area (Å²) in [6.07, 6.45) is 3.86. The first kappa shape index (κ1) is 38.3. The number of carbonyl (C=O) groups excluding carboxylic acids is 3. The van der Waals surface area contributed by atoms with Gasteiger partial charge in [-0.3, -0.25) is 0 Å². The molecule has 1 N–H and O–H groups in total. The zero-order valence-electron chi connectivity index (χ0n) is 21.2. The minimum atomic E-state index is -1.90. The van der Waals surface area contributed by atoms with Crippen molar-refractivity contribution in [2.24, 2.45) is 0 Å². The number of carbonyl (C=O) groups is 4. The molecule has 0 saturated carbocycles. The summed E-state index contributed by atoms with van der Waals surface area (Å²) in [6, 6.07) is 0. The molecular formula is C18H34ClNaO10Si2. The van der Waals surface area contributed by atoms with Gasteiger partial charge in [0, 0.05) is 44.0 Å². The van der Waals surface area contributed by atoms with Crippen molar-refractivity contribution in [2.75, 3.05) is 40.2 Å². The molecule has 0 amide bonds. The topological polar surface area (TPSA) is 135 Å². The van der Waals surface area contributed by atoms with E-state index in [0.717, 1.165) is 18.2 Å². The summed E-state index contributed by atoms with van der Waals surface area (Å²) < 4.78 is 23.6. The Morgan fingerprint density at radius 1 is 0.781 bits per heavy atom. The van der Waals surface area contributed by atoms with E-state index < -0.39 is 40.5 Å². The maximum absolute atomic E-state index is 11.1. The van der Waals surface area contributed by atoms with Gasteiger partial charge in [-0.05, 0) is 26.2 Å². The molecule has 32 heavy (non-hydrogen) atoms. The van der Waals surface area contributed by atoms with E-state index in [1.807, 2.05) is 13.1 Å². The van der Waals surface area contributed by atoms with Gasteiger partial charge in [0.05, 0.1) is 14.2 Å². The molecule has 0 unspecified atom stereocenters. The molecule has 0 radical (unpaired) electrons. The van der Waals surface area contributed by atoms with Crippen LogP contribution in [0.1, 0.15) is 1.43 Å². The van der Waals surface area contributed by atoms with Gasteiger partial charge in [-0.15, -0.1) is 11.6 Å². The summed E-state index contributed by atoms with van der Waals surface area (Å²) in [6.45, 7) is 8.01. The zero-order valence-corrected chi connectivity index (χ0v) is 25.0. The van der Waals surface area contributed by atoms with Gasteiger partial charge in [0.15, 0.2) is 0 Å². The Balaban J connectivity index is -0.000000125. The predicted octanol–water partition coefficient (Wildman–Crippen LogP) is -0.818. The molecule has 0 aromatic heterocycles. The minimum Gasteiger partial charge on any atom is -1.00 e. The SMILES string of the molecule is COC(=O)/C=C/C(=O)O.COC(=O)/C=C/C(=O)OC[Si](C)(C)OC.CO[Si](C)(C)CCl.[H-].[Na+]. The number of carboxylic acids is 1. The number of esters is 3. The molecular weight excluding hydrogens is 491 g/mol. The number of aliphatic carboxylic acids is 1. The maximum atomic E-state index is 11.1. The number of hydrogen-bond acceptors (Lipinski definition) is 9. The molecule has 0 spiro atoms. The normalized spacial score (nSPS) is 10.7. The van der Waals surface area contributed by atoms with Crippen LogP contribution in [0.15, 0.2) is 24.3 Å². The van der Waals surface area contributed by atoms with Crippen LogP contribution in [-0.4, -0.2) is 85.8 Å². The molecule has 0 bridgehead atoms. The van der Waals surface area contributed by atoms with Crippen molar-refractivity contribution < 1.29 is 78.3 Å². The van der Waals surface area contributed by atoms with Crippen LogP contribution in [0.3, 0.4) is 0 Å². The van der Waals surface area contributed by atoms with Crippen molar-refractivity contribution in [2.45, 2.75) is 26.2 Å². The number of rotatable bonds is 9. The smallest absolute Gasteiger partial charge is 1.00 e. The molecule has 0 atom stereocenters. The van der Waals surface area contributed by atoms with Crippen LogP contribution in [0.4, 0.5) is 0 Å². The van der Waals surface area contributed by atoms with Crippen molar-refractivity contribution in [1.29, 1.82) is 0 Å². The number of carboxylic acid groups (broad SMARTS) is 1. The molecule has 10 nitrogen and oxygen atoms in total. The molecule has 0 aliphatic heterocycles. The third kappa shape index (κ3) is 29.0. The van der Waals surface area contributed by atoms with E-state index in [1.165, 1.54) is 14.2 Å². The van der Waals surface area contributed by atoms with Crippen molar-refractivity contribution in [3.8, 4) is 0 Å². The van der Waals surface area contributed by atoms with Crippen LogP contribution in [-0.2, 0) is 42.2 Å². The van der Waals surface area contributed by atoms with Crippen molar-refractivity contribution in [3.63, 3.8) is 0 Å². The fourth-order valence-corrected chi connectivity index (χ4v) is 1.86. The van der Waals surface area contributed by atoms with E-state index in [-0.39, 0.29) is 37.2 Å². The fourth-order valence-electron chi connectivity index (χ4n) is 0.818. The molecule has 0 aromatic rings. The molecule has 182 valence electrons. The summed E-state index contributed by atoms with van der Waals surface area (Å²) in [7, 11) is 2.43. The quantitative estimate of drug-likeness (QED) is 0.134. The average Bonchev–Trinajstić information content (AvgIpc) is 2.75. The Kier molecular flexibility index (Phi) is 26.1. The van der Waals surface area contributed by atoms with Crippen LogP contribution in [0, 0.1) is 0 Å². The first-order chi connectivity index (χ1) is 14.2. The predicted molar refractivity (Wildman–Crippen MR) is 122 cm³/mol. The molecule has 0 aliphatic carbocycles. The van der Waals surface area contributed by atoms with Crippen LogP contribution >= 0.6 is 11.6 Å². The first-order valence-electron chi connectivity index (χ1n) is 8.78. The summed E-state index contributed by atoms with van der Waals surface area (Å²) in [5.74, 6) is -2.99. The Hall–Kier alpha value is -0.996. The Morgan fingerprint density at radius 2 is 1.16 bits per heavy atom. The summed E-state index contributed by atoms with van der Waals surface area (Å²) in [4.78, 5) is 41.6. The van der Waals surface area contributed by atoms with E-state index in [4.69, 9.17) is 30.3 Å². The minimum absolute atomic E-state index is 0. The summed E-state index contributed by atoms with van der Waals surface area (Å²) in [5.41, 5.74) is 0.684. The van der Waals surface area contributed by atoms with Crippen LogP contribution in [0.2, 0.25) is 26.2 Å². The van der Waals surface area contributed by atoms with E-state index in [2.05, 4.69) is 22.6 Å². The fraction of sp³-hybridized carbons (Fsp3) is 0.556. The zero-order chi connectivity index (χ0) is 25.1. The Bertz CT molecular complexity index is 625. The molecule has 14 heteroatoms. The second-order valence-electron chi connectivity index (χ2n) is 6.72. The van der Waals surface area contributed by atoms with Crippen molar-refractivity contribution >= 4 is 52.1 Å². The van der Waals surface area contributed by atoms with Gasteiger partial charge in [0.25, 0.3) is 0 Å². The number of hydrogen-bond donors (Lipinski definition) is 1. The Labute approximate surface area is 220 Å². The second-order valence-corrected chi connectivity index (χ2v) is 15.9. The van der Waals surface area contributed by atoms with E-state index in [1.54, 1.807) is 14.2 Å². The molecule has 0 rings (SSSR count). The van der Waals surface area contributed by atoms with E-state index >= 15 is 0 Å². The average molecular weight is 525 g/mol. The third-order valence-electron chi connectivity index (χ3n) is 3.11. The van der Waals surface area contributed by atoms with E-state index in [0.29, 0.717) is 11.6 Å². The first-order valence-corrected chi connectivity index (χ1v) is 15.5. The Morgan fingerprint density at radius 3 is 1.44 bits per heavy atom. The summed E-state index contributed by atoms with van der Waals surface area (Å²) >= 11 is 5.53. The second kappa shape index (κ2) is 21.8. The maximum Gasteiger partial charge on any atom is 1.00 e. The number of methoxy groups -OCH3 is 2. The van der Waals surface area contributed by atoms with Crippen molar-refractivity contribution in [1.82, 2.24) is 0 Å². The monoisotopic (exact) mass is 524 g/mol. The molecule has 0 heterocycles. The number of alkyl halides is 1. The van der Waals surface area contributed by atoms with Crippen LogP contribution < -0.4 is 29.6 Å². The van der Waals surface area contributed by atoms with Gasteiger partial charge >= 0.3 is 53.4 Å².